The number of hydrogen-bond donors (Lipinski definition) is 2. The SMILES string of the molecule is O=C(NCCc1ccccc1)NCCn1ccc(-c2cccs2)n1. The fourth-order valence-corrected chi connectivity index (χ4v) is 3.04. The van der Waals surface area contributed by atoms with Gasteiger partial charge >= 0.3 is 6.03 Å². The van der Waals surface area contributed by atoms with Gasteiger partial charge in [0.25, 0.3) is 0 Å². The molecule has 0 spiro atoms. The Morgan fingerprint density at radius 3 is 2.67 bits per heavy atom. The Balaban J connectivity index is 1.35. The zero-order chi connectivity index (χ0) is 16.6. The summed E-state index contributed by atoms with van der Waals surface area (Å²) in [4.78, 5) is 12.9. The summed E-state index contributed by atoms with van der Waals surface area (Å²) in [5, 5.41) is 12.3. The van der Waals surface area contributed by atoms with Crippen LogP contribution in [0.5, 0.6) is 0 Å². The lowest BCUT2D eigenvalue weighted by Crippen LogP contribution is -2.38. The van der Waals surface area contributed by atoms with Crippen molar-refractivity contribution >= 4 is 17.4 Å². The standard InChI is InChI=1S/C18H20N4OS/c23-18(19-10-8-15-5-2-1-3-6-15)20-11-13-22-12-9-16(21-22)17-7-4-14-24-17/h1-7,9,12,14H,8,10-11,13H2,(H2,19,20,23). The van der Waals surface area contributed by atoms with Crippen LogP contribution in [0.15, 0.2) is 60.1 Å². The van der Waals surface area contributed by atoms with Gasteiger partial charge in [-0.3, -0.25) is 4.68 Å². The zero-order valence-corrected chi connectivity index (χ0v) is 14.1. The van der Waals surface area contributed by atoms with E-state index in [9.17, 15) is 4.79 Å². The molecule has 2 amide bonds. The van der Waals surface area contributed by atoms with Crippen molar-refractivity contribution in [1.82, 2.24) is 20.4 Å². The van der Waals surface area contributed by atoms with Crippen molar-refractivity contribution in [3.63, 3.8) is 0 Å². The van der Waals surface area contributed by atoms with Gasteiger partial charge in [0, 0.05) is 19.3 Å². The molecule has 3 rings (SSSR count). The van der Waals surface area contributed by atoms with E-state index in [2.05, 4.69) is 33.9 Å². The fraction of sp³-hybridized carbons (Fsp3) is 0.222. The van der Waals surface area contributed by atoms with Gasteiger partial charge in [-0.25, -0.2) is 4.79 Å². The van der Waals surface area contributed by atoms with Gasteiger partial charge in [0.1, 0.15) is 5.69 Å². The van der Waals surface area contributed by atoms with E-state index in [0.717, 1.165) is 17.0 Å². The number of urea groups is 1. The van der Waals surface area contributed by atoms with Crippen molar-refractivity contribution in [2.75, 3.05) is 13.1 Å². The van der Waals surface area contributed by atoms with E-state index in [1.807, 2.05) is 46.6 Å². The predicted molar refractivity (Wildman–Crippen MR) is 97.1 cm³/mol. The molecule has 2 N–H and O–H groups in total. The van der Waals surface area contributed by atoms with Crippen LogP contribution in [-0.2, 0) is 13.0 Å². The highest BCUT2D eigenvalue weighted by Crippen LogP contribution is 2.22. The Bertz CT molecular complexity index is 752. The van der Waals surface area contributed by atoms with Gasteiger partial charge in [-0.05, 0) is 29.5 Å². The summed E-state index contributed by atoms with van der Waals surface area (Å²) in [6.45, 7) is 1.82. The van der Waals surface area contributed by atoms with Crippen LogP contribution < -0.4 is 10.6 Å². The largest absolute Gasteiger partial charge is 0.338 e. The van der Waals surface area contributed by atoms with E-state index >= 15 is 0 Å². The van der Waals surface area contributed by atoms with E-state index in [0.29, 0.717) is 19.6 Å². The van der Waals surface area contributed by atoms with Crippen LogP contribution in [0.2, 0.25) is 0 Å². The predicted octanol–water partition coefficient (Wildman–Crippen LogP) is 3.15. The van der Waals surface area contributed by atoms with Crippen LogP contribution in [-0.4, -0.2) is 28.9 Å². The van der Waals surface area contributed by atoms with Gasteiger partial charge in [0.2, 0.25) is 0 Å². The Hall–Kier alpha value is -2.60. The molecule has 0 radical (unpaired) electrons. The first-order valence-corrected chi connectivity index (χ1v) is 8.82. The Morgan fingerprint density at radius 2 is 1.88 bits per heavy atom. The van der Waals surface area contributed by atoms with Gasteiger partial charge < -0.3 is 10.6 Å². The molecule has 1 aromatic carbocycles. The van der Waals surface area contributed by atoms with E-state index in [1.54, 1.807) is 11.3 Å². The molecule has 0 saturated carbocycles. The lowest BCUT2D eigenvalue weighted by Gasteiger charge is -2.08. The third-order valence-electron chi connectivity index (χ3n) is 3.58. The summed E-state index contributed by atoms with van der Waals surface area (Å²) >= 11 is 1.67. The normalized spacial score (nSPS) is 10.5. The summed E-state index contributed by atoms with van der Waals surface area (Å²) in [5.41, 5.74) is 2.19. The lowest BCUT2D eigenvalue weighted by molar-refractivity contribution is 0.240. The maximum absolute atomic E-state index is 11.8. The van der Waals surface area contributed by atoms with E-state index in [1.165, 1.54) is 5.56 Å². The summed E-state index contributed by atoms with van der Waals surface area (Å²) in [5.74, 6) is 0. The summed E-state index contributed by atoms with van der Waals surface area (Å²) in [6, 6.07) is 16.0. The van der Waals surface area contributed by atoms with Crippen LogP contribution in [0.25, 0.3) is 10.6 Å². The molecule has 6 heteroatoms. The van der Waals surface area contributed by atoms with Crippen molar-refractivity contribution in [3.05, 3.63) is 65.7 Å². The molecule has 0 atom stereocenters. The molecule has 0 aliphatic carbocycles. The maximum Gasteiger partial charge on any atom is 0.314 e. The highest BCUT2D eigenvalue weighted by atomic mass is 32.1. The van der Waals surface area contributed by atoms with Crippen LogP contribution in [0.4, 0.5) is 4.79 Å². The Morgan fingerprint density at radius 1 is 1.04 bits per heavy atom. The van der Waals surface area contributed by atoms with Crippen LogP contribution in [0.1, 0.15) is 5.56 Å². The quantitative estimate of drug-likeness (QED) is 0.694. The molecule has 5 nitrogen and oxygen atoms in total. The van der Waals surface area contributed by atoms with Gasteiger partial charge in [-0.2, -0.15) is 5.10 Å². The molecule has 2 heterocycles. The molecule has 24 heavy (non-hydrogen) atoms. The minimum atomic E-state index is -0.142. The molecule has 2 aromatic heterocycles. The smallest absolute Gasteiger partial charge is 0.314 e. The third kappa shape index (κ3) is 4.70. The number of benzene rings is 1. The average molecular weight is 340 g/mol. The summed E-state index contributed by atoms with van der Waals surface area (Å²) in [6.07, 6.45) is 2.77. The number of thiophene rings is 1. The van der Waals surface area contributed by atoms with Gasteiger partial charge in [0.05, 0.1) is 11.4 Å². The van der Waals surface area contributed by atoms with Crippen LogP contribution in [0.3, 0.4) is 0 Å². The zero-order valence-electron chi connectivity index (χ0n) is 13.3. The molecule has 3 aromatic rings. The first-order valence-electron chi connectivity index (χ1n) is 7.94. The molecular formula is C18H20N4OS. The van der Waals surface area contributed by atoms with Gasteiger partial charge in [-0.1, -0.05) is 36.4 Å². The van der Waals surface area contributed by atoms with E-state index in [-0.39, 0.29) is 6.03 Å². The molecule has 124 valence electrons. The number of carbonyl (C=O) groups is 1. The van der Waals surface area contributed by atoms with Gasteiger partial charge in [0.15, 0.2) is 0 Å². The van der Waals surface area contributed by atoms with Crippen molar-refractivity contribution in [2.45, 2.75) is 13.0 Å². The Kier molecular flexibility index (Phi) is 5.63. The van der Waals surface area contributed by atoms with Crippen molar-refractivity contribution in [1.29, 1.82) is 0 Å². The average Bonchev–Trinajstić information content (AvgIpc) is 3.27. The molecule has 0 saturated heterocycles. The number of hydrogen-bond acceptors (Lipinski definition) is 3. The summed E-state index contributed by atoms with van der Waals surface area (Å²) < 4.78 is 1.85. The van der Waals surface area contributed by atoms with Crippen molar-refractivity contribution < 1.29 is 4.79 Å². The maximum atomic E-state index is 11.8. The fourth-order valence-electron chi connectivity index (χ4n) is 2.35. The second-order valence-corrected chi connectivity index (χ2v) is 6.31. The number of nitrogens with zero attached hydrogens (tertiary/aromatic N) is 2. The number of amides is 2. The molecule has 0 unspecified atom stereocenters. The van der Waals surface area contributed by atoms with Crippen LogP contribution >= 0.6 is 11.3 Å². The summed E-state index contributed by atoms with van der Waals surface area (Å²) in [7, 11) is 0. The van der Waals surface area contributed by atoms with E-state index < -0.39 is 0 Å². The highest BCUT2D eigenvalue weighted by molar-refractivity contribution is 7.13. The molecule has 0 bridgehead atoms. The van der Waals surface area contributed by atoms with Crippen molar-refractivity contribution in [2.24, 2.45) is 0 Å². The number of carbonyl (C=O) groups excluding carboxylic acids is 1. The number of nitrogens with one attached hydrogen (secondary N) is 2. The molecule has 0 aliphatic rings. The first-order chi connectivity index (χ1) is 11.8. The number of rotatable bonds is 7. The topological polar surface area (TPSA) is 59.0 Å². The second-order valence-electron chi connectivity index (χ2n) is 5.36. The first kappa shape index (κ1) is 16.3. The third-order valence-corrected chi connectivity index (χ3v) is 4.48. The minimum absolute atomic E-state index is 0.142. The highest BCUT2D eigenvalue weighted by Gasteiger charge is 2.04. The minimum Gasteiger partial charge on any atom is -0.338 e. The molecule has 0 aliphatic heterocycles. The monoisotopic (exact) mass is 340 g/mol. The second kappa shape index (κ2) is 8.31. The van der Waals surface area contributed by atoms with Gasteiger partial charge in [-0.15, -0.1) is 11.3 Å². The molecular weight excluding hydrogens is 320 g/mol. The Labute approximate surface area is 145 Å². The lowest BCUT2D eigenvalue weighted by atomic mass is 10.1. The van der Waals surface area contributed by atoms with Crippen LogP contribution in [0, 0.1) is 0 Å². The number of aromatic nitrogens is 2. The van der Waals surface area contributed by atoms with Crippen molar-refractivity contribution in [3.8, 4) is 10.6 Å². The molecule has 0 fully saturated rings. The van der Waals surface area contributed by atoms with E-state index in [4.69, 9.17) is 0 Å².